The second-order valence-electron chi connectivity index (χ2n) is 2.56. The third kappa shape index (κ3) is 7.32. The van der Waals surface area contributed by atoms with E-state index in [0.29, 0.717) is 0 Å². The molecule has 1 aromatic heterocycles. The number of aliphatic carboxylic acids is 2. The van der Waals surface area contributed by atoms with Crippen LogP contribution in [0.3, 0.4) is 0 Å². The first-order valence-corrected chi connectivity index (χ1v) is 3.78. The molecular weight excluding hydrogens is 234 g/mol. The maximum absolute atomic E-state index is 10.2. The average molecular weight is 240 g/mol. The molecule has 1 rings (SSSR count). The molecule has 0 aliphatic carbocycles. The number of carbonyl (C=O) groups excluding carboxylic acids is 2. The quantitative estimate of drug-likeness (QED) is 0.484. The fraction of sp³-hybridized carbons (Fsp3) is 0.250. The van der Waals surface area contributed by atoms with E-state index in [-0.39, 0.29) is 77.1 Å². The predicted molar refractivity (Wildman–Crippen MR) is 39.5 cm³/mol. The van der Waals surface area contributed by atoms with Gasteiger partial charge >= 0.3 is 59.1 Å². The maximum atomic E-state index is 10.2. The van der Waals surface area contributed by atoms with Gasteiger partial charge in [-0.05, 0) is 6.07 Å². The zero-order valence-electron chi connectivity index (χ0n) is 9.10. The van der Waals surface area contributed by atoms with Gasteiger partial charge in [-0.15, -0.1) is 0 Å². The van der Waals surface area contributed by atoms with Crippen LogP contribution in [-0.4, -0.2) is 21.9 Å². The molecule has 0 fully saturated rings. The van der Waals surface area contributed by atoms with Crippen molar-refractivity contribution in [2.24, 2.45) is 0 Å². The fourth-order valence-corrected chi connectivity index (χ4v) is 0.902. The van der Waals surface area contributed by atoms with Crippen LogP contribution in [0.2, 0.25) is 0 Å². The molecule has 6 nitrogen and oxygen atoms in total. The van der Waals surface area contributed by atoms with Gasteiger partial charge in [0.15, 0.2) is 0 Å². The molecule has 1 heterocycles. The summed E-state index contributed by atoms with van der Waals surface area (Å²) < 4.78 is 0. The number of rotatable bonds is 4. The fourth-order valence-electron chi connectivity index (χ4n) is 0.902. The van der Waals surface area contributed by atoms with Gasteiger partial charge in [0.05, 0.1) is 0 Å². The Hall–Kier alpha value is 0.0200. The molecule has 0 radical (unpaired) electrons. The van der Waals surface area contributed by atoms with Crippen molar-refractivity contribution in [3.63, 3.8) is 0 Å². The van der Waals surface area contributed by atoms with Crippen molar-refractivity contribution in [3.8, 4) is 0 Å². The molecule has 0 aromatic carbocycles. The summed E-state index contributed by atoms with van der Waals surface area (Å²) in [5.74, 6) is -2.55. The molecule has 0 saturated carbocycles. The van der Waals surface area contributed by atoms with Crippen LogP contribution in [0, 0.1) is 0 Å². The molecular formula is C8H6N2Na2O4. The normalized spacial score (nSPS) is 8.50. The van der Waals surface area contributed by atoms with E-state index >= 15 is 0 Å². The van der Waals surface area contributed by atoms with E-state index in [4.69, 9.17) is 0 Å². The van der Waals surface area contributed by atoms with Gasteiger partial charge in [0.2, 0.25) is 0 Å². The minimum absolute atomic E-state index is 0. The van der Waals surface area contributed by atoms with E-state index < -0.39 is 18.4 Å². The molecule has 16 heavy (non-hydrogen) atoms. The van der Waals surface area contributed by atoms with Crippen LogP contribution < -0.4 is 69.3 Å². The molecule has 0 aliphatic heterocycles. The van der Waals surface area contributed by atoms with Crippen molar-refractivity contribution in [1.29, 1.82) is 0 Å². The van der Waals surface area contributed by atoms with E-state index in [9.17, 15) is 19.8 Å². The second kappa shape index (κ2) is 9.09. The van der Waals surface area contributed by atoms with Gasteiger partial charge in [-0.3, -0.25) is 0 Å². The van der Waals surface area contributed by atoms with Gasteiger partial charge in [-0.2, -0.15) is 0 Å². The van der Waals surface area contributed by atoms with E-state index in [1.807, 2.05) is 0 Å². The summed E-state index contributed by atoms with van der Waals surface area (Å²) in [7, 11) is 0. The zero-order chi connectivity index (χ0) is 10.6. The number of carboxylic acids is 2. The minimum Gasteiger partial charge on any atom is -0.550 e. The molecule has 0 saturated heterocycles. The zero-order valence-corrected chi connectivity index (χ0v) is 13.1. The Kier molecular flexibility index (Phi) is 10.4. The maximum Gasteiger partial charge on any atom is 1.00 e. The number of carboxylic acid groups (broad SMARTS) is 2. The molecule has 0 N–H and O–H groups in total. The average Bonchev–Trinajstić information content (AvgIpc) is 2.01. The largest absolute Gasteiger partial charge is 1.00 e. The van der Waals surface area contributed by atoms with Crippen LogP contribution in [0.4, 0.5) is 0 Å². The van der Waals surface area contributed by atoms with Crippen LogP contribution >= 0.6 is 0 Å². The van der Waals surface area contributed by atoms with Gasteiger partial charge in [0, 0.05) is 36.7 Å². The molecule has 0 aliphatic rings. The first-order valence-electron chi connectivity index (χ1n) is 3.78. The first kappa shape index (κ1) is 18.4. The predicted octanol–water partition coefficient (Wildman–Crippen LogP) is -8.93. The molecule has 0 atom stereocenters. The monoisotopic (exact) mass is 240 g/mol. The van der Waals surface area contributed by atoms with Gasteiger partial charge in [-0.1, -0.05) is 0 Å². The Morgan fingerprint density at radius 2 is 1.69 bits per heavy atom. The van der Waals surface area contributed by atoms with Gasteiger partial charge in [0.1, 0.15) is 5.82 Å². The Labute approximate surface area is 136 Å². The van der Waals surface area contributed by atoms with Crippen LogP contribution in [0.1, 0.15) is 11.5 Å². The molecule has 0 amide bonds. The topological polar surface area (TPSA) is 106 Å². The summed E-state index contributed by atoms with van der Waals surface area (Å²) in [6, 6.07) is 1.38. The third-order valence-corrected chi connectivity index (χ3v) is 1.39. The Bertz CT molecular complexity index is 342. The number of nitrogens with zero attached hydrogens (tertiary/aromatic N) is 2. The second-order valence-corrected chi connectivity index (χ2v) is 2.56. The standard InChI is InChI=1S/C8H8N2O4.2Na/c11-7(12)3-5-1-2-9-6(10-5)4-8(13)14;;/h1-2H,3-4H2,(H,11,12)(H,13,14);;/q;2*+1/p-2. The van der Waals surface area contributed by atoms with Gasteiger partial charge < -0.3 is 19.8 Å². The SMILES string of the molecule is O=C([O-])Cc1ccnc(CC(=O)[O-])n1.[Na+].[Na+]. The molecule has 0 bridgehead atoms. The van der Waals surface area contributed by atoms with Crippen LogP contribution in [0.25, 0.3) is 0 Å². The first-order chi connectivity index (χ1) is 6.58. The summed E-state index contributed by atoms with van der Waals surface area (Å²) in [5.41, 5.74) is 0.219. The van der Waals surface area contributed by atoms with Crippen LogP contribution in [0.5, 0.6) is 0 Å². The number of carbonyl (C=O) groups is 2. The smallest absolute Gasteiger partial charge is 0.550 e. The summed E-state index contributed by atoms with van der Waals surface area (Å²) in [6.45, 7) is 0. The summed E-state index contributed by atoms with van der Waals surface area (Å²) in [6.07, 6.45) is 0.507. The number of hydrogen-bond acceptors (Lipinski definition) is 6. The van der Waals surface area contributed by atoms with Crippen molar-refractivity contribution in [3.05, 3.63) is 23.8 Å². The van der Waals surface area contributed by atoms with Gasteiger partial charge in [-0.25, -0.2) is 9.97 Å². The summed E-state index contributed by atoms with van der Waals surface area (Å²) in [4.78, 5) is 27.7. The minimum atomic E-state index is -1.31. The third-order valence-electron chi connectivity index (χ3n) is 1.39. The van der Waals surface area contributed by atoms with Crippen molar-refractivity contribution in [1.82, 2.24) is 9.97 Å². The van der Waals surface area contributed by atoms with Crippen molar-refractivity contribution in [2.75, 3.05) is 0 Å². The van der Waals surface area contributed by atoms with Crippen molar-refractivity contribution in [2.45, 2.75) is 12.8 Å². The number of aromatic nitrogens is 2. The Morgan fingerprint density at radius 3 is 2.19 bits per heavy atom. The van der Waals surface area contributed by atoms with E-state index in [1.165, 1.54) is 12.3 Å². The molecule has 1 aromatic rings. The van der Waals surface area contributed by atoms with E-state index in [0.717, 1.165) is 0 Å². The van der Waals surface area contributed by atoms with Crippen molar-refractivity contribution < 1.29 is 78.9 Å². The number of hydrogen-bond donors (Lipinski definition) is 0. The Balaban J connectivity index is 0. The van der Waals surface area contributed by atoms with Crippen LogP contribution in [-0.2, 0) is 22.4 Å². The molecule has 0 spiro atoms. The van der Waals surface area contributed by atoms with Crippen molar-refractivity contribution >= 4 is 11.9 Å². The van der Waals surface area contributed by atoms with E-state index in [1.54, 1.807) is 0 Å². The Morgan fingerprint density at radius 1 is 1.12 bits per heavy atom. The molecule has 0 unspecified atom stereocenters. The molecule has 74 valence electrons. The molecule has 8 heteroatoms. The van der Waals surface area contributed by atoms with Crippen LogP contribution in [0.15, 0.2) is 12.3 Å². The van der Waals surface area contributed by atoms with E-state index in [2.05, 4.69) is 9.97 Å². The summed E-state index contributed by atoms with van der Waals surface area (Å²) in [5, 5.41) is 20.4. The van der Waals surface area contributed by atoms with Gasteiger partial charge in [0.25, 0.3) is 0 Å². The summed E-state index contributed by atoms with van der Waals surface area (Å²) >= 11 is 0.